The number of piperidine rings is 1. The van der Waals surface area contributed by atoms with Gasteiger partial charge in [-0.1, -0.05) is 0 Å². The summed E-state index contributed by atoms with van der Waals surface area (Å²) in [6.45, 7) is 0.215. The minimum Gasteiger partial charge on any atom is -0.330 e. The van der Waals surface area contributed by atoms with Crippen molar-refractivity contribution < 1.29 is 18.0 Å². The molecule has 2 nitrogen and oxygen atoms in total. The Labute approximate surface area is 107 Å². The molecule has 0 aliphatic carbocycles. The van der Waals surface area contributed by atoms with Crippen molar-refractivity contribution >= 4 is 17.2 Å². The van der Waals surface area contributed by atoms with Gasteiger partial charge in [-0.05, 0) is 41.7 Å². The maximum absolute atomic E-state index is 12.8. The molecule has 0 aromatic carbocycles. The number of alkyl halides is 3. The molecule has 0 bridgehead atoms. The predicted octanol–water partition coefficient (Wildman–Crippen LogP) is 3.23. The second-order valence-electron chi connectivity index (χ2n) is 4.45. The summed E-state index contributed by atoms with van der Waals surface area (Å²) in [5.74, 6) is -0.421. The van der Waals surface area contributed by atoms with E-state index in [-0.39, 0.29) is 19.4 Å². The monoisotopic (exact) mass is 277 g/mol. The zero-order valence-electron chi connectivity index (χ0n) is 9.74. The number of thiophene rings is 1. The van der Waals surface area contributed by atoms with Gasteiger partial charge in [0.1, 0.15) is 6.04 Å². The maximum atomic E-state index is 12.8. The average Bonchev–Trinajstić information content (AvgIpc) is 2.80. The third-order valence-corrected chi connectivity index (χ3v) is 3.87. The van der Waals surface area contributed by atoms with E-state index in [1.165, 1.54) is 11.3 Å². The van der Waals surface area contributed by atoms with Gasteiger partial charge in [0.2, 0.25) is 5.91 Å². The molecule has 0 N–H and O–H groups in total. The van der Waals surface area contributed by atoms with Crippen LogP contribution in [-0.2, 0) is 11.2 Å². The molecule has 0 radical (unpaired) electrons. The van der Waals surface area contributed by atoms with Crippen molar-refractivity contribution in [3.8, 4) is 0 Å². The smallest absolute Gasteiger partial charge is 0.330 e. The highest BCUT2D eigenvalue weighted by atomic mass is 32.1. The van der Waals surface area contributed by atoms with Crippen LogP contribution in [0.15, 0.2) is 16.8 Å². The SMILES string of the molecule is O=C(Cc1ccsc1)N1CCCCC1C(F)(F)F. The van der Waals surface area contributed by atoms with Gasteiger partial charge in [-0.15, -0.1) is 0 Å². The van der Waals surface area contributed by atoms with E-state index in [4.69, 9.17) is 0 Å². The molecular weight excluding hydrogens is 263 g/mol. The molecule has 1 aromatic rings. The van der Waals surface area contributed by atoms with Gasteiger partial charge >= 0.3 is 6.18 Å². The van der Waals surface area contributed by atoms with E-state index in [0.29, 0.717) is 12.8 Å². The number of rotatable bonds is 2. The van der Waals surface area contributed by atoms with E-state index in [1.54, 1.807) is 11.4 Å². The largest absolute Gasteiger partial charge is 0.408 e. The highest BCUT2D eigenvalue weighted by molar-refractivity contribution is 7.07. The van der Waals surface area contributed by atoms with Crippen LogP contribution in [0.5, 0.6) is 0 Å². The molecule has 0 spiro atoms. The Bertz CT molecular complexity index is 402. The molecule has 1 saturated heterocycles. The van der Waals surface area contributed by atoms with Gasteiger partial charge in [0.25, 0.3) is 0 Å². The number of carbonyl (C=O) groups is 1. The Morgan fingerprint density at radius 2 is 2.22 bits per heavy atom. The molecular formula is C12H14F3NOS. The van der Waals surface area contributed by atoms with E-state index < -0.39 is 18.1 Å². The lowest BCUT2D eigenvalue weighted by Crippen LogP contribution is -2.51. The van der Waals surface area contributed by atoms with Crippen LogP contribution in [0.3, 0.4) is 0 Å². The molecule has 100 valence electrons. The van der Waals surface area contributed by atoms with Gasteiger partial charge < -0.3 is 4.90 Å². The maximum Gasteiger partial charge on any atom is 0.408 e. The summed E-state index contributed by atoms with van der Waals surface area (Å²) in [6.07, 6.45) is -3.03. The third-order valence-electron chi connectivity index (χ3n) is 3.14. The summed E-state index contributed by atoms with van der Waals surface area (Å²) in [7, 11) is 0. The fourth-order valence-electron chi connectivity index (χ4n) is 2.24. The van der Waals surface area contributed by atoms with Crippen LogP contribution in [-0.4, -0.2) is 29.6 Å². The van der Waals surface area contributed by atoms with Crippen LogP contribution in [0.1, 0.15) is 24.8 Å². The van der Waals surface area contributed by atoms with Crippen LogP contribution in [0, 0.1) is 0 Å². The number of carbonyl (C=O) groups excluding carboxylic acids is 1. The van der Waals surface area contributed by atoms with Crippen LogP contribution in [0.2, 0.25) is 0 Å². The summed E-state index contributed by atoms with van der Waals surface area (Å²) in [5, 5.41) is 3.62. The van der Waals surface area contributed by atoms with Crippen LogP contribution < -0.4 is 0 Å². The molecule has 1 atom stereocenters. The zero-order chi connectivity index (χ0) is 13.2. The first-order valence-electron chi connectivity index (χ1n) is 5.86. The second kappa shape index (κ2) is 5.30. The minimum atomic E-state index is -4.31. The summed E-state index contributed by atoms with van der Waals surface area (Å²) in [5.41, 5.74) is 0.788. The van der Waals surface area contributed by atoms with E-state index in [2.05, 4.69) is 0 Å². The van der Waals surface area contributed by atoms with Crippen LogP contribution in [0.25, 0.3) is 0 Å². The van der Waals surface area contributed by atoms with Crippen molar-refractivity contribution in [2.24, 2.45) is 0 Å². The first-order valence-corrected chi connectivity index (χ1v) is 6.80. The Morgan fingerprint density at radius 3 is 2.83 bits per heavy atom. The average molecular weight is 277 g/mol. The number of nitrogens with zero attached hydrogens (tertiary/aromatic N) is 1. The van der Waals surface area contributed by atoms with Gasteiger partial charge in [-0.3, -0.25) is 4.79 Å². The van der Waals surface area contributed by atoms with Gasteiger partial charge in [-0.25, -0.2) is 0 Å². The molecule has 1 aliphatic heterocycles. The standard InChI is InChI=1S/C12H14F3NOS/c13-12(14,15)10-3-1-2-5-16(10)11(17)7-9-4-6-18-8-9/h4,6,8,10H,1-3,5,7H2. The lowest BCUT2D eigenvalue weighted by Gasteiger charge is -2.36. The summed E-state index contributed by atoms with van der Waals surface area (Å²) >= 11 is 1.44. The first-order chi connectivity index (χ1) is 8.48. The Balaban J connectivity index is 2.06. The second-order valence-corrected chi connectivity index (χ2v) is 5.23. The van der Waals surface area contributed by atoms with Crippen molar-refractivity contribution in [1.82, 2.24) is 4.90 Å². The summed E-state index contributed by atoms with van der Waals surface area (Å²) in [6, 6.07) is 0.173. The molecule has 0 saturated carbocycles. The number of hydrogen-bond acceptors (Lipinski definition) is 2. The van der Waals surface area contributed by atoms with Crippen molar-refractivity contribution in [1.29, 1.82) is 0 Å². The molecule has 1 aromatic heterocycles. The molecule has 1 fully saturated rings. The van der Waals surface area contributed by atoms with Crippen molar-refractivity contribution in [2.45, 2.75) is 37.9 Å². The van der Waals surface area contributed by atoms with Crippen LogP contribution in [0.4, 0.5) is 13.2 Å². The number of hydrogen-bond donors (Lipinski definition) is 0. The van der Waals surface area contributed by atoms with Crippen LogP contribution >= 0.6 is 11.3 Å². The highest BCUT2D eigenvalue weighted by Crippen LogP contribution is 2.32. The predicted molar refractivity (Wildman–Crippen MR) is 63.4 cm³/mol. The Kier molecular flexibility index (Phi) is 3.94. The Morgan fingerprint density at radius 1 is 1.44 bits per heavy atom. The van der Waals surface area contributed by atoms with E-state index in [0.717, 1.165) is 10.5 Å². The topological polar surface area (TPSA) is 20.3 Å². The van der Waals surface area contributed by atoms with E-state index in [9.17, 15) is 18.0 Å². The fraction of sp³-hybridized carbons (Fsp3) is 0.583. The van der Waals surface area contributed by atoms with Gasteiger partial charge in [0, 0.05) is 6.54 Å². The number of halogens is 3. The van der Waals surface area contributed by atoms with E-state index in [1.807, 2.05) is 5.38 Å². The van der Waals surface area contributed by atoms with E-state index >= 15 is 0 Å². The molecule has 18 heavy (non-hydrogen) atoms. The molecule has 1 aliphatic rings. The normalized spacial score (nSPS) is 21.1. The highest BCUT2D eigenvalue weighted by Gasteiger charge is 2.45. The van der Waals surface area contributed by atoms with Crippen molar-refractivity contribution in [3.63, 3.8) is 0 Å². The lowest BCUT2D eigenvalue weighted by atomic mass is 10.0. The Hall–Kier alpha value is -1.04. The first kappa shape index (κ1) is 13.4. The molecule has 1 amide bonds. The molecule has 2 heterocycles. The molecule has 2 rings (SSSR count). The van der Waals surface area contributed by atoms with Crippen molar-refractivity contribution in [3.05, 3.63) is 22.4 Å². The molecule has 1 unspecified atom stereocenters. The quantitative estimate of drug-likeness (QED) is 0.812. The van der Waals surface area contributed by atoms with Gasteiger partial charge in [0.05, 0.1) is 6.42 Å². The summed E-state index contributed by atoms with van der Waals surface area (Å²) < 4.78 is 38.5. The molecule has 6 heteroatoms. The third kappa shape index (κ3) is 3.04. The zero-order valence-corrected chi connectivity index (χ0v) is 10.6. The summed E-state index contributed by atoms with van der Waals surface area (Å²) in [4.78, 5) is 13.0. The van der Waals surface area contributed by atoms with Gasteiger partial charge in [0.15, 0.2) is 0 Å². The number of amides is 1. The number of likely N-dealkylation sites (tertiary alicyclic amines) is 1. The fourth-order valence-corrected chi connectivity index (χ4v) is 2.91. The minimum absolute atomic E-state index is 0.0267. The van der Waals surface area contributed by atoms with Crippen molar-refractivity contribution in [2.75, 3.05) is 6.54 Å². The van der Waals surface area contributed by atoms with Gasteiger partial charge in [-0.2, -0.15) is 24.5 Å². The lowest BCUT2D eigenvalue weighted by molar-refractivity contribution is -0.195.